The summed E-state index contributed by atoms with van der Waals surface area (Å²) in [6, 6.07) is 21.2. The molecule has 0 atom stereocenters. The molecule has 0 amide bonds. The lowest BCUT2D eigenvalue weighted by Gasteiger charge is -2.13. The van der Waals surface area contributed by atoms with Crippen molar-refractivity contribution in [3.05, 3.63) is 99.6 Å². The lowest BCUT2D eigenvalue weighted by molar-refractivity contribution is 0.415. The molecule has 0 bridgehead atoms. The third kappa shape index (κ3) is 3.69. The summed E-state index contributed by atoms with van der Waals surface area (Å²) in [7, 11) is 1.64. The number of ether oxygens (including phenoxy) is 1. The Bertz CT molecular complexity index is 1270. The first-order valence-electron chi connectivity index (χ1n) is 9.48. The maximum atomic E-state index is 13.3. The summed E-state index contributed by atoms with van der Waals surface area (Å²) in [4.78, 5) is 18.1. The predicted octanol–water partition coefficient (Wildman–Crippen LogP) is 5.18. The molecule has 3 aromatic carbocycles. The van der Waals surface area contributed by atoms with Crippen LogP contribution >= 0.6 is 0 Å². The van der Waals surface area contributed by atoms with Crippen LogP contribution in [0.25, 0.3) is 28.7 Å². The van der Waals surface area contributed by atoms with Crippen LogP contribution < -0.4 is 10.3 Å². The zero-order chi connectivity index (χ0) is 20.4. The first-order chi connectivity index (χ1) is 14.1. The number of hydrogen-bond donors (Lipinski definition) is 0. The highest BCUT2D eigenvalue weighted by molar-refractivity contribution is 5.80. The third-order valence-electron chi connectivity index (χ3n) is 5.09. The second-order valence-corrected chi connectivity index (χ2v) is 7.00. The second kappa shape index (κ2) is 7.76. The molecule has 0 N–H and O–H groups in total. The molecule has 0 spiro atoms. The molecular weight excluding hydrogens is 360 g/mol. The van der Waals surface area contributed by atoms with Crippen molar-refractivity contribution in [2.75, 3.05) is 7.11 Å². The van der Waals surface area contributed by atoms with E-state index in [4.69, 9.17) is 9.72 Å². The molecule has 1 aromatic heterocycles. The van der Waals surface area contributed by atoms with Gasteiger partial charge in [-0.25, -0.2) is 4.98 Å². The summed E-state index contributed by atoms with van der Waals surface area (Å²) < 4.78 is 6.89. The van der Waals surface area contributed by atoms with Gasteiger partial charge >= 0.3 is 0 Å². The van der Waals surface area contributed by atoms with Gasteiger partial charge in [0.25, 0.3) is 5.56 Å². The molecule has 1 heterocycles. The Hall–Kier alpha value is -3.66. The smallest absolute Gasteiger partial charge is 0.266 e. The molecule has 0 aliphatic carbocycles. The molecule has 4 rings (SSSR count). The number of rotatable bonds is 4. The number of aromatic nitrogens is 2. The SMILES string of the molecule is COc1ccc(C=Cc2nc3ccccc3c(=O)n2-c2ccc(C)c(C)c2)cc1. The largest absolute Gasteiger partial charge is 0.497 e. The molecule has 144 valence electrons. The number of nitrogens with zero attached hydrogens (tertiary/aromatic N) is 2. The maximum Gasteiger partial charge on any atom is 0.266 e. The number of para-hydroxylation sites is 1. The topological polar surface area (TPSA) is 44.1 Å². The van der Waals surface area contributed by atoms with E-state index in [2.05, 4.69) is 6.92 Å². The van der Waals surface area contributed by atoms with Crippen molar-refractivity contribution in [3.8, 4) is 11.4 Å². The standard InChI is InChI=1S/C25H22N2O2/c1-17-8-12-20(16-18(17)2)27-24(15-11-19-9-13-21(29-3)14-10-19)26-23-7-5-4-6-22(23)25(27)28/h4-16H,1-3H3. The fourth-order valence-electron chi connectivity index (χ4n) is 3.26. The highest BCUT2D eigenvalue weighted by Crippen LogP contribution is 2.19. The number of benzene rings is 3. The van der Waals surface area contributed by atoms with Crippen molar-refractivity contribution in [2.24, 2.45) is 0 Å². The zero-order valence-corrected chi connectivity index (χ0v) is 16.7. The molecule has 0 aliphatic heterocycles. The third-order valence-corrected chi connectivity index (χ3v) is 5.09. The maximum absolute atomic E-state index is 13.3. The van der Waals surface area contributed by atoms with Gasteiger partial charge < -0.3 is 4.74 Å². The summed E-state index contributed by atoms with van der Waals surface area (Å²) in [5, 5.41) is 0.604. The molecule has 4 nitrogen and oxygen atoms in total. The fourth-order valence-corrected chi connectivity index (χ4v) is 3.26. The monoisotopic (exact) mass is 382 g/mol. The Kier molecular flexibility index (Phi) is 5.00. The zero-order valence-electron chi connectivity index (χ0n) is 16.7. The van der Waals surface area contributed by atoms with E-state index in [0.29, 0.717) is 16.7 Å². The van der Waals surface area contributed by atoms with Gasteiger partial charge in [-0.05, 0) is 73.0 Å². The minimum atomic E-state index is -0.0757. The van der Waals surface area contributed by atoms with E-state index < -0.39 is 0 Å². The van der Waals surface area contributed by atoms with Crippen molar-refractivity contribution < 1.29 is 4.74 Å². The minimum Gasteiger partial charge on any atom is -0.497 e. The van der Waals surface area contributed by atoms with E-state index in [1.807, 2.05) is 85.8 Å². The van der Waals surface area contributed by atoms with Crippen LogP contribution in [-0.4, -0.2) is 16.7 Å². The Morgan fingerprint density at radius 2 is 1.66 bits per heavy atom. The van der Waals surface area contributed by atoms with Gasteiger partial charge in [-0.2, -0.15) is 0 Å². The highest BCUT2D eigenvalue weighted by atomic mass is 16.5. The molecule has 0 fully saturated rings. The Morgan fingerprint density at radius 1 is 0.897 bits per heavy atom. The summed E-state index contributed by atoms with van der Waals surface area (Å²) in [5.41, 5.74) is 4.74. The normalized spacial score (nSPS) is 11.3. The van der Waals surface area contributed by atoms with Gasteiger partial charge in [0.05, 0.1) is 23.7 Å². The summed E-state index contributed by atoms with van der Waals surface area (Å²) in [5.74, 6) is 1.39. The average Bonchev–Trinajstić information content (AvgIpc) is 2.75. The Balaban J connectivity index is 1.90. The molecule has 0 unspecified atom stereocenters. The second-order valence-electron chi connectivity index (χ2n) is 7.00. The molecular formula is C25H22N2O2. The van der Waals surface area contributed by atoms with E-state index in [9.17, 15) is 4.79 Å². The predicted molar refractivity (Wildman–Crippen MR) is 119 cm³/mol. The molecule has 4 aromatic rings. The van der Waals surface area contributed by atoms with Gasteiger partial charge in [0.2, 0.25) is 0 Å². The van der Waals surface area contributed by atoms with Crippen LogP contribution in [0.4, 0.5) is 0 Å². The number of methoxy groups -OCH3 is 1. The van der Waals surface area contributed by atoms with Gasteiger partial charge in [-0.3, -0.25) is 9.36 Å². The molecule has 0 saturated carbocycles. The highest BCUT2D eigenvalue weighted by Gasteiger charge is 2.11. The molecule has 0 saturated heterocycles. The molecule has 4 heteroatoms. The van der Waals surface area contributed by atoms with Crippen LogP contribution in [0.2, 0.25) is 0 Å². The first-order valence-corrected chi connectivity index (χ1v) is 9.48. The van der Waals surface area contributed by atoms with Crippen molar-refractivity contribution in [1.29, 1.82) is 0 Å². The summed E-state index contributed by atoms with van der Waals surface area (Å²) in [6.45, 7) is 4.11. The molecule has 0 radical (unpaired) electrons. The number of hydrogen-bond acceptors (Lipinski definition) is 3. The first kappa shape index (κ1) is 18.7. The van der Waals surface area contributed by atoms with Crippen molar-refractivity contribution >= 4 is 23.1 Å². The summed E-state index contributed by atoms with van der Waals surface area (Å²) >= 11 is 0. The van der Waals surface area contributed by atoms with Crippen molar-refractivity contribution in [3.63, 3.8) is 0 Å². The lowest BCUT2D eigenvalue weighted by atomic mass is 10.1. The van der Waals surface area contributed by atoms with Crippen LogP contribution in [0.1, 0.15) is 22.5 Å². The summed E-state index contributed by atoms with van der Waals surface area (Å²) in [6.07, 6.45) is 3.83. The minimum absolute atomic E-state index is 0.0757. The van der Waals surface area contributed by atoms with Crippen LogP contribution in [-0.2, 0) is 0 Å². The quantitative estimate of drug-likeness (QED) is 0.488. The number of aryl methyl sites for hydroxylation is 2. The van der Waals surface area contributed by atoms with E-state index >= 15 is 0 Å². The molecule has 0 aliphatic rings. The van der Waals surface area contributed by atoms with E-state index in [1.54, 1.807) is 11.7 Å². The van der Waals surface area contributed by atoms with Crippen LogP contribution in [0.5, 0.6) is 5.75 Å². The van der Waals surface area contributed by atoms with E-state index in [1.165, 1.54) is 5.56 Å². The van der Waals surface area contributed by atoms with Gasteiger partial charge in [-0.1, -0.05) is 36.4 Å². The van der Waals surface area contributed by atoms with Crippen molar-refractivity contribution in [1.82, 2.24) is 9.55 Å². The average molecular weight is 382 g/mol. The number of fused-ring (bicyclic) bond motifs is 1. The van der Waals surface area contributed by atoms with Crippen LogP contribution in [0.3, 0.4) is 0 Å². The van der Waals surface area contributed by atoms with Gasteiger partial charge in [-0.15, -0.1) is 0 Å². The van der Waals surface area contributed by atoms with Crippen LogP contribution in [0, 0.1) is 13.8 Å². The fraction of sp³-hybridized carbons (Fsp3) is 0.120. The lowest BCUT2D eigenvalue weighted by Crippen LogP contribution is -2.22. The van der Waals surface area contributed by atoms with Gasteiger partial charge in [0, 0.05) is 0 Å². The van der Waals surface area contributed by atoms with E-state index in [0.717, 1.165) is 22.6 Å². The van der Waals surface area contributed by atoms with Gasteiger partial charge in [0.1, 0.15) is 11.6 Å². The van der Waals surface area contributed by atoms with Gasteiger partial charge in [0.15, 0.2) is 0 Å². The van der Waals surface area contributed by atoms with Crippen molar-refractivity contribution in [2.45, 2.75) is 13.8 Å². The Morgan fingerprint density at radius 3 is 2.38 bits per heavy atom. The Labute approximate surface area is 169 Å². The van der Waals surface area contributed by atoms with Crippen LogP contribution in [0.15, 0.2) is 71.5 Å². The van der Waals surface area contributed by atoms with E-state index in [-0.39, 0.29) is 5.56 Å². The molecule has 29 heavy (non-hydrogen) atoms.